The molecule has 30 heavy (non-hydrogen) atoms. The van der Waals surface area contributed by atoms with E-state index in [0.717, 1.165) is 17.5 Å². The third kappa shape index (κ3) is 5.48. The normalized spacial score (nSPS) is 12.2. The van der Waals surface area contributed by atoms with E-state index >= 15 is 0 Å². The molecule has 0 aliphatic rings. The summed E-state index contributed by atoms with van der Waals surface area (Å²) in [7, 11) is -3.44. The average molecular weight is 423 g/mol. The largest absolute Gasteiger partial charge is 0.345 e. The highest BCUT2D eigenvalue weighted by Crippen LogP contribution is 2.21. The van der Waals surface area contributed by atoms with Crippen molar-refractivity contribution in [1.29, 1.82) is 0 Å². The highest BCUT2D eigenvalue weighted by molar-refractivity contribution is 7.92. The van der Waals surface area contributed by atoms with E-state index in [1.54, 1.807) is 48.5 Å². The van der Waals surface area contributed by atoms with Crippen molar-refractivity contribution < 1.29 is 13.2 Å². The second-order valence-corrected chi connectivity index (χ2v) is 9.05. The first-order valence-corrected chi connectivity index (χ1v) is 11.7. The molecule has 0 heterocycles. The summed E-state index contributed by atoms with van der Waals surface area (Å²) in [5, 5.41) is 3.06. The van der Waals surface area contributed by atoms with Gasteiger partial charge in [-0.25, -0.2) is 8.42 Å². The van der Waals surface area contributed by atoms with Gasteiger partial charge in [0.2, 0.25) is 10.0 Å². The molecule has 156 valence electrons. The first kappa shape index (κ1) is 21.6. The van der Waals surface area contributed by atoms with Gasteiger partial charge in [-0.05, 0) is 41.8 Å². The van der Waals surface area contributed by atoms with E-state index in [-0.39, 0.29) is 18.5 Å². The molecule has 0 aliphatic heterocycles. The number of carbonyl (C=O) groups is 1. The van der Waals surface area contributed by atoms with Gasteiger partial charge < -0.3 is 5.32 Å². The highest BCUT2D eigenvalue weighted by Gasteiger charge is 2.18. The molecule has 0 bridgehead atoms. The predicted octanol–water partition coefficient (Wildman–Crippen LogP) is 4.53. The lowest BCUT2D eigenvalue weighted by Crippen LogP contribution is -2.29. The SMILES string of the molecule is CCC(NC(=O)c1ccc(CN(c2ccccc2)S(C)(=O)=O)cc1)c1ccccc1. The summed E-state index contributed by atoms with van der Waals surface area (Å²) >= 11 is 0. The van der Waals surface area contributed by atoms with Crippen LogP contribution in [0.3, 0.4) is 0 Å². The van der Waals surface area contributed by atoms with Crippen LogP contribution in [0.4, 0.5) is 5.69 Å². The molecule has 1 N–H and O–H groups in total. The fourth-order valence-corrected chi connectivity index (χ4v) is 4.16. The quantitative estimate of drug-likeness (QED) is 0.580. The second-order valence-electron chi connectivity index (χ2n) is 7.15. The number of para-hydroxylation sites is 1. The van der Waals surface area contributed by atoms with Gasteiger partial charge in [0, 0.05) is 5.56 Å². The van der Waals surface area contributed by atoms with Gasteiger partial charge in [-0.1, -0.05) is 67.6 Å². The molecule has 1 atom stereocenters. The Bertz CT molecular complexity index is 1070. The molecular weight excluding hydrogens is 396 g/mol. The lowest BCUT2D eigenvalue weighted by atomic mass is 10.0. The Morgan fingerprint density at radius 2 is 1.47 bits per heavy atom. The number of nitrogens with zero attached hydrogens (tertiary/aromatic N) is 1. The number of anilines is 1. The molecule has 1 amide bonds. The summed E-state index contributed by atoms with van der Waals surface area (Å²) < 4.78 is 25.9. The lowest BCUT2D eigenvalue weighted by Gasteiger charge is -2.22. The molecule has 1 unspecified atom stereocenters. The van der Waals surface area contributed by atoms with Crippen LogP contribution in [0.1, 0.15) is 40.9 Å². The number of hydrogen-bond donors (Lipinski definition) is 1. The van der Waals surface area contributed by atoms with Gasteiger partial charge in [0.1, 0.15) is 0 Å². The smallest absolute Gasteiger partial charge is 0.251 e. The van der Waals surface area contributed by atoms with E-state index in [4.69, 9.17) is 0 Å². The van der Waals surface area contributed by atoms with E-state index in [1.807, 2.05) is 43.3 Å². The third-order valence-electron chi connectivity index (χ3n) is 4.90. The van der Waals surface area contributed by atoms with Crippen LogP contribution in [-0.2, 0) is 16.6 Å². The van der Waals surface area contributed by atoms with Gasteiger partial charge >= 0.3 is 0 Å². The Balaban J connectivity index is 1.73. The number of rotatable bonds is 8. The zero-order valence-electron chi connectivity index (χ0n) is 17.2. The lowest BCUT2D eigenvalue weighted by molar-refractivity contribution is 0.0935. The zero-order chi connectivity index (χ0) is 21.6. The standard InChI is InChI=1S/C24H26N2O3S/c1-3-23(20-10-6-4-7-11-20)25-24(27)21-16-14-19(15-17-21)18-26(30(2,28)29)22-12-8-5-9-13-22/h4-17,23H,3,18H2,1-2H3,(H,25,27). The zero-order valence-corrected chi connectivity index (χ0v) is 18.0. The van der Waals surface area contributed by atoms with Crippen molar-refractivity contribution in [2.24, 2.45) is 0 Å². The maximum atomic E-state index is 12.7. The molecule has 0 aliphatic carbocycles. The molecular formula is C24H26N2O3S. The van der Waals surface area contributed by atoms with Crippen molar-refractivity contribution in [3.8, 4) is 0 Å². The van der Waals surface area contributed by atoms with Crippen molar-refractivity contribution in [2.75, 3.05) is 10.6 Å². The van der Waals surface area contributed by atoms with E-state index in [2.05, 4.69) is 5.32 Å². The topological polar surface area (TPSA) is 66.5 Å². The molecule has 0 aromatic heterocycles. The molecule has 0 fully saturated rings. The van der Waals surface area contributed by atoms with Crippen molar-refractivity contribution >= 4 is 21.6 Å². The van der Waals surface area contributed by atoms with E-state index in [1.165, 1.54) is 10.6 Å². The van der Waals surface area contributed by atoms with Gasteiger partial charge in [-0.15, -0.1) is 0 Å². The van der Waals surface area contributed by atoms with Crippen molar-refractivity contribution in [2.45, 2.75) is 25.9 Å². The first-order chi connectivity index (χ1) is 14.4. The van der Waals surface area contributed by atoms with Gasteiger partial charge in [0.05, 0.1) is 24.5 Å². The summed E-state index contributed by atoms with van der Waals surface area (Å²) in [6.45, 7) is 2.23. The Kier molecular flexibility index (Phi) is 6.90. The van der Waals surface area contributed by atoms with Gasteiger partial charge in [0.15, 0.2) is 0 Å². The molecule has 0 saturated carbocycles. The van der Waals surface area contributed by atoms with E-state index < -0.39 is 10.0 Å². The van der Waals surface area contributed by atoms with Crippen molar-refractivity contribution in [1.82, 2.24) is 5.32 Å². The molecule has 0 saturated heterocycles. The monoisotopic (exact) mass is 422 g/mol. The third-order valence-corrected chi connectivity index (χ3v) is 6.04. The Morgan fingerprint density at radius 1 is 0.900 bits per heavy atom. The minimum absolute atomic E-state index is 0.0582. The number of nitrogens with one attached hydrogen (secondary N) is 1. The summed E-state index contributed by atoms with van der Waals surface area (Å²) in [6, 6.07) is 25.8. The molecule has 6 heteroatoms. The van der Waals surface area contributed by atoms with Crippen LogP contribution in [-0.4, -0.2) is 20.6 Å². The van der Waals surface area contributed by atoms with E-state index in [9.17, 15) is 13.2 Å². The van der Waals surface area contributed by atoms with Crippen LogP contribution < -0.4 is 9.62 Å². The molecule has 3 aromatic rings. The van der Waals surface area contributed by atoms with Crippen LogP contribution in [0.15, 0.2) is 84.9 Å². The number of amides is 1. The fraction of sp³-hybridized carbons (Fsp3) is 0.208. The average Bonchev–Trinajstić information content (AvgIpc) is 2.76. The van der Waals surface area contributed by atoms with Gasteiger partial charge in [-0.2, -0.15) is 0 Å². The Labute approximate surface area is 178 Å². The van der Waals surface area contributed by atoms with E-state index in [0.29, 0.717) is 11.3 Å². The van der Waals surface area contributed by atoms with Crippen LogP contribution >= 0.6 is 0 Å². The van der Waals surface area contributed by atoms with Crippen LogP contribution in [0.25, 0.3) is 0 Å². The Morgan fingerprint density at radius 3 is 2.00 bits per heavy atom. The van der Waals surface area contributed by atoms with Crippen LogP contribution in [0, 0.1) is 0 Å². The maximum Gasteiger partial charge on any atom is 0.251 e. The molecule has 0 radical (unpaired) electrons. The summed E-state index contributed by atoms with van der Waals surface area (Å²) in [5.41, 5.74) is 3.02. The van der Waals surface area contributed by atoms with Crippen molar-refractivity contribution in [3.63, 3.8) is 0 Å². The summed E-state index contributed by atoms with van der Waals surface area (Å²) in [4.78, 5) is 12.7. The van der Waals surface area contributed by atoms with Crippen molar-refractivity contribution in [3.05, 3.63) is 102 Å². The number of carbonyl (C=O) groups excluding carboxylic acids is 1. The molecule has 0 spiro atoms. The minimum atomic E-state index is -3.44. The Hall–Kier alpha value is -3.12. The highest BCUT2D eigenvalue weighted by atomic mass is 32.2. The summed E-state index contributed by atoms with van der Waals surface area (Å²) in [5.74, 6) is -0.153. The number of hydrogen-bond acceptors (Lipinski definition) is 3. The number of benzene rings is 3. The molecule has 3 aromatic carbocycles. The minimum Gasteiger partial charge on any atom is -0.345 e. The van der Waals surface area contributed by atoms with Crippen LogP contribution in [0.5, 0.6) is 0 Å². The second kappa shape index (κ2) is 9.59. The first-order valence-electron chi connectivity index (χ1n) is 9.86. The number of sulfonamides is 1. The predicted molar refractivity (Wildman–Crippen MR) is 121 cm³/mol. The molecule has 3 rings (SSSR count). The summed E-state index contributed by atoms with van der Waals surface area (Å²) in [6.07, 6.45) is 1.98. The molecule has 5 nitrogen and oxygen atoms in total. The van der Waals surface area contributed by atoms with Crippen LogP contribution in [0.2, 0.25) is 0 Å². The van der Waals surface area contributed by atoms with Gasteiger partial charge in [-0.3, -0.25) is 9.10 Å². The maximum absolute atomic E-state index is 12.7. The van der Waals surface area contributed by atoms with Gasteiger partial charge in [0.25, 0.3) is 5.91 Å². The fourth-order valence-electron chi connectivity index (χ4n) is 3.27.